The highest BCUT2D eigenvalue weighted by Crippen LogP contribution is 2.27. The maximum atomic E-state index is 12.6. The Bertz CT molecular complexity index is 813. The summed E-state index contributed by atoms with van der Waals surface area (Å²) in [5.74, 6) is -0.206. The highest BCUT2D eigenvalue weighted by Gasteiger charge is 2.30. The Hall–Kier alpha value is -2.25. The van der Waals surface area contributed by atoms with E-state index in [1.165, 1.54) is 5.01 Å². The summed E-state index contributed by atoms with van der Waals surface area (Å²) in [6.07, 6.45) is -0.388. The van der Waals surface area contributed by atoms with Crippen LogP contribution in [0.4, 0.5) is 5.69 Å². The summed E-state index contributed by atoms with van der Waals surface area (Å²) >= 11 is 9.14. The van der Waals surface area contributed by atoms with Gasteiger partial charge in [0.1, 0.15) is 11.9 Å². The minimum absolute atomic E-state index is 0.219. The molecule has 2 aromatic rings. The van der Waals surface area contributed by atoms with Gasteiger partial charge in [-0.1, -0.05) is 27.5 Å². The summed E-state index contributed by atoms with van der Waals surface area (Å²) in [6.45, 7) is 1.56. The predicted molar refractivity (Wildman–Crippen MR) is 98.5 cm³/mol. The van der Waals surface area contributed by atoms with Crippen molar-refractivity contribution in [2.75, 3.05) is 11.9 Å². The van der Waals surface area contributed by atoms with Gasteiger partial charge in [0.15, 0.2) is 6.61 Å². The molecule has 1 aliphatic rings. The van der Waals surface area contributed by atoms with Gasteiger partial charge < -0.3 is 10.1 Å². The molecule has 130 valence electrons. The maximum absolute atomic E-state index is 12.6. The number of amides is 2. The van der Waals surface area contributed by atoms with Gasteiger partial charge in [0.2, 0.25) is 0 Å². The number of hydrogen-bond acceptors (Lipinski definition) is 4. The van der Waals surface area contributed by atoms with E-state index in [9.17, 15) is 9.59 Å². The number of nitrogens with one attached hydrogen (secondary N) is 2. The van der Waals surface area contributed by atoms with Crippen molar-refractivity contribution in [2.45, 2.75) is 13.1 Å². The normalized spacial score (nSPS) is 16.0. The summed E-state index contributed by atoms with van der Waals surface area (Å²) in [5, 5.41) is 5.00. The van der Waals surface area contributed by atoms with Crippen molar-refractivity contribution >= 4 is 45.0 Å². The zero-order valence-corrected chi connectivity index (χ0v) is 15.6. The fourth-order valence-electron chi connectivity index (χ4n) is 2.41. The molecule has 0 spiro atoms. The molecule has 6 nitrogen and oxygen atoms in total. The lowest BCUT2D eigenvalue weighted by atomic mass is 10.1. The van der Waals surface area contributed by atoms with Crippen molar-refractivity contribution < 1.29 is 14.3 Å². The van der Waals surface area contributed by atoms with Crippen LogP contribution < -0.4 is 15.5 Å². The predicted octanol–water partition coefficient (Wildman–Crippen LogP) is 3.43. The Balaban J connectivity index is 1.64. The third-order valence-corrected chi connectivity index (χ3v) is 4.36. The summed E-state index contributed by atoms with van der Waals surface area (Å²) in [6, 6.07) is 12.0. The van der Waals surface area contributed by atoms with E-state index in [2.05, 4.69) is 26.7 Å². The Morgan fingerprint density at radius 1 is 1.32 bits per heavy atom. The van der Waals surface area contributed by atoms with Crippen molar-refractivity contribution in [3.63, 3.8) is 0 Å². The molecule has 0 saturated heterocycles. The van der Waals surface area contributed by atoms with Crippen LogP contribution in [0.15, 0.2) is 46.9 Å². The van der Waals surface area contributed by atoms with E-state index in [-0.39, 0.29) is 18.7 Å². The molecule has 25 heavy (non-hydrogen) atoms. The van der Waals surface area contributed by atoms with E-state index in [1.807, 2.05) is 12.1 Å². The molecule has 1 atom stereocenters. The van der Waals surface area contributed by atoms with Crippen LogP contribution in [0.25, 0.3) is 0 Å². The third kappa shape index (κ3) is 4.05. The van der Waals surface area contributed by atoms with Gasteiger partial charge in [-0.25, -0.2) is 5.01 Å². The molecule has 0 aliphatic carbocycles. The monoisotopic (exact) mass is 423 g/mol. The molecule has 0 saturated carbocycles. The smallest absolute Gasteiger partial charge is 0.276 e. The van der Waals surface area contributed by atoms with Crippen molar-refractivity contribution in [3.05, 3.63) is 57.5 Å². The highest BCUT2D eigenvalue weighted by molar-refractivity contribution is 9.10. The first-order chi connectivity index (χ1) is 11.9. The van der Waals surface area contributed by atoms with Crippen LogP contribution in [0.5, 0.6) is 5.75 Å². The maximum Gasteiger partial charge on any atom is 0.276 e. The summed E-state index contributed by atoms with van der Waals surface area (Å²) < 4.78 is 6.17. The lowest BCUT2D eigenvalue weighted by molar-refractivity contribution is -0.127. The van der Waals surface area contributed by atoms with Gasteiger partial charge in [-0.3, -0.25) is 15.0 Å². The molecule has 0 aromatic heterocycles. The average Bonchev–Trinajstić information content (AvgIpc) is 2.59. The van der Waals surface area contributed by atoms with Crippen molar-refractivity contribution in [1.29, 1.82) is 0 Å². The van der Waals surface area contributed by atoms with Gasteiger partial charge >= 0.3 is 0 Å². The number of benzene rings is 2. The van der Waals surface area contributed by atoms with Crippen LogP contribution in [-0.4, -0.2) is 29.6 Å². The molecule has 8 heteroatoms. The van der Waals surface area contributed by atoms with E-state index < -0.39 is 5.91 Å². The molecular weight excluding hydrogens is 410 g/mol. The summed E-state index contributed by atoms with van der Waals surface area (Å²) in [4.78, 5) is 24.7. The fraction of sp³-hybridized carbons (Fsp3) is 0.176. The van der Waals surface area contributed by atoms with Crippen LogP contribution in [0.2, 0.25) is 5.02 Å². The van der Waals surface area contributed by atoms with Crippen molar-refractivity contribution in [1.82, 2.24) is 10.4 Å². The van der Waals surface area contributed by atoms with Gasteiger partial charge in [-0.2, -0.15) is 0 Å². The third-order valence-electron chi connectivity index (χ3n) is 3.61. The number of hydrogen-bond donors (Lipinski definition) is 2. The molecule has 0 fully saturated rings. The number of ether oxygens (including phenoxy) is 1. The topological polar surface area (TPSA) is 70.7 Å². The lowest BCUT2D eigenvalue weighted by Gasteiger charge is -2.35. The SMILES string of the molecule is CC1Nc2ccc(Br)cc2C(=O)N1NC(=O)COc1ccc(Cl)cc1. The van der Waals surface area contributed by atoms with E-state index >= 15 is 0 Å². The van der Waals surface area contributed by atoms with Gasteiger partial charge in [0, 0.05) is 15.2 Å². The number of fused-ring (bicyclic) bond motifs is 1. The van der Waals surface area contributed by atoms with E-state index in [1.54, 1.807) is 37.3 Å². The molecule has 0 bridgehead atoms. The Morgan fingerprint density at radius 2 is 2.04 bits per heavy atom. The second-order valence-corrected chi connectivity index (χ2v) is 6.82. The molecule has 1 heterocycles. The van der Waals surface area contributed by atoms with Crippen LogP contribution >= 0.6 is 27.5 Å². The van der Waals surface area contributed by atoms with Gasteiger partial charge in [0.25, 0.3) is 11.8 Å². The van der Waals surface area contributed by atoms with Gasteiger partial charge in [-0.05, 0) is 49.4 Å². The van der Waals surface area contributed by atoms with Crippen molar-refractivity contribution in [2.24, 2.45) is 0 Å². The quantitative estimate of drug-likeness (QED) is 0.789. The second kappa shape index (κ2) is 7.33. The first-order valence-electron chi connectivity index (χ1n) is 7.51. The van der Waals surface area contributed by atoms with Crippen LogP contribution in [0.1, 0.15) is 17.3 Å². The van der Waals surface area contributed by atoms with Gasteiger partial charge in [0.05, 0.1) is 5.56 Å². The molecule has 3 rings (SSSR count). The number of rotatable bonds is 4. The zero-order valence-electron chi connectivity index (χ0n) is 13.3. The molecule has 2 aromatic carbocycles. The number of hydrazine groups is 1. The van der Waals surface area contributed by atoms with Crippen LogP contribution in [-0.2, 0) is 4.79 Å². The van der Waals surface area contributed by atoms with Gasteiger partial charge in [-0.15, -0.1) is 0 Å². The summed E-state index contributed by atoms with van der Waals surface area (Å²) in [5.41, 5.74) is 3.78. The Kier molecular flexibility index (Phi) is 5.15. The molecule has 1 unspecified atom stereocenters. The second-order valence-electron chi connectivity index (χ2n) is 5.46. The zero-order chi connectivity index (χ0) is 18.0. The minimum atomic E-state index is -0.435. The van der Waals surface area contributed by atoms with E-state index in [4.69, 9.17) is 16.3 Å². The van der Waals surface area contributed by atoms with Crippen molar-refractivity contribution in [3.8, 4) is 5.75 Å². The van der Waals surface area contributed by atoms with Crippen LogP contribution in [0, 0.1) is 0 Å². The van der Waals surface area contributed by atoms with E-state index in [0.29, 0.717) is 16.3 Å². The number of carbonyl (C=O) groups is 2. The Labute approximate surface area is 158 Å². The number of nitrogens with zero attached hydrogens (tertiary/aromatic N) is 1. The first-order valence-corrected chi connectivity index (χ1v) is 8.68. The molecule has 1 aliphatic heterocycles. The standard InChI is InChI=1S/C17H15BrClN3O3/c1-10-20-15-7-2-11(18)8-14(15)17(24)22(10)21-16(23)9-25-13-5-3-12(19)4-6-13/h2-8,10,20H,9H2,1H3,(H,21,23). The molecule has 0 radical (unpaired) electrons. The molecule has 2 amide bonds. The minimum Gasteiger partial charge on any atom is -0.484 e. The fourth-order valence-corrected chi connectivity index (χ4v) is 2.90. The average molecular weight is 425 g/mol. The van der Waals surface area contributed by atoms with E-state index in [0.717, 1.165) is 10.2 Å². The summed E-state index contributed by atoms with van der Waals surface area (Å²) in [7, 11) is 0. The highest BCUT2D eigenvalue weighted by atomic mass is 79.9. The number of carbonyl (C=O) groups excluding carboxylic acids is 2. The molecular formula is C17H15BrClN3O3. The largest absolute Gasteiger partial charge is 0.484 e. The Morgan fingerprint density at radius 3 is 2.76 bits per heavy atom. The number of anilines is 1. The molecule has 2 N–H and O–H groups in total. The first kappa shape index (κ1) is 17.6. The lowest BCUT2D eigenvalue weighted by Crippen LogP contribution is -2.57. The van der Waals surface area contributed by atoms with Crippen LogP contribution in [0.3, 0.4) is 0 Å². The number of halogens is 2.